The van der Waals surface area contributed by atoms with E-state index in [2.05, 4.69) is 99.3 Å². The van der Waals surface area contributed by atoms with E-state index in [0.717, 1.165) is 43.7 Å². The van der Waals surface area contributed by atoms with Crippen molar-refractivity contribution in [3.63, 3.8) is 0 Å². The van der Waals surface area contributed by atoms with Gasteiger partial charge in [-0.1, -0.05) is 33.1 Å². The van der Waals surface area contributed by atoms with E-state index in [9.17, 15) is 16.8 Å². The van der Waals surface area contributed by atoms with Crippen LogP contribution in [0.1, 0.15) is 62.3 Å². The summed E-state index contributed by atoms with van der Waals surface area (Å²) in [5, 5.41) is 2.50. The number of hydrogen-bond donors (Lipinski definition) is 2. The van der Waals surface area contributed by atoms with Crippen molar-refractivity contribution in [3.05, 3.63) is 77.1 Å². The Morgan fingerprint density at radius 3 is 1.74 bits per heavy atom. The van der Waals surface area contributed by atoms with Crippen LogP contribution in [0.15, 0.2) is 54.9 Å². The number of nitrogens with one attached hydrogen (secondary N) is 2. The molecule has 6 rings (SSSR count). The molecule has 0 bridgehead atoms. The van der Waals surface area contributed by atoms with Crippen LogP contribution >= 0.6 is 0 Å². The van der Waals surface area contributed by atoms with Crippen molar-refractivity contribution in [2.45, 2.75) is 52.9 Å². The van der Waals surface area contributed by atoms with Crippen LogP contribution in [0.4, 0.5) is 0 Å². The fourth-order valence-electron chi connectivity index (χ4n) is 6.84. The highest BCUT2D eigenvalue weighted by Crippen LogP contribution is 2.35. The summed E-state index contributed by atoms with van der Waals surface area (Å²) in [6.45, 7) is 4.33. The van der Waals surface area contributed by atoms with Gasteiger partial charge in [-0.15, -0.1) is 0 Å². The van der Waals surface area contributed by atoms with E-state index < -0.39 is 20.0 Å². The van der Waals surface area contributed by atoms with Crippen LogP contribution < -0.4 is 9.44 Å². The molecule has 2 aliphatic heterocycles. The van der Waals surface area contributed by atoms with Gasteiger partial charge in [-0.3, -0.25) is 0 Å². The van der Waals surface area contributed by atoms with Crippen LogP contribution in [0.25, 0.3) is 27.4 Å². The number of fused-ring (bicyclic) bond motifs is 2. The smallest absolute Gasteiger partial charge is 0.211 e. The molecule has 2 aromatic carbocycles. The first-order valence-electron chi connectivity index (χ1n) is 16.8. The molecule has 0 saturated carbocycles. The molecule has 278 valence electrons. The van der Waals surface area contributed by atoms with Gasteiger partial charge in [0.05, 0.1) is 11.5 Å². The number of hydrogen-bond acceptors (Lipinski definition) is 6. The first-order valence-corrected chi connectivity index (χ1v) is 20.1. The molecule has 0 radical (unpaired) electrons. The minimum absolute atomic E-state index is 0. The number of nitrogens with zero attached hydrogens (tertiary/aromatic N) is 4. The van der Waals surface area contributed by atoms with Crippen LogP contribution in [-0.2, 0) is 47.0 Å². The molecule has 50 heavy (non-hydrogen) atoms. The predicted octanol–water partition coefficient (Wildman–Crippen LogP) is 5.34. The molecule has 10 nitrogen and oxygen atoms in total. The summed E-state index contributed by atoms with van der Waals surface area (Å²) in [6.07, 6.45) is 11.2. The third-order valence-corrected chi connectivity index (χ3v) is 12.7. The molecule has 0 amide bonds. The first kappa shape index (κ1) is 41.4. The van der Waals surface area contributed by atoms with Crippen LogP contribution in [0.2, 0.25) is 0 Å². The topological polar surface area (TPSA) is 109 Å². The first-order chi connectivity index (χ1) is 22.8. The summed E-state index contributed by atoms with van der Waals surface area (Å²) in [7, 11) is 5.05. The predicted molar refractivity (Wildman–Crippen MR) is 212 cm³/mol. The zero-order valence-corrected chi connectivity index (χ0v) is 30.9. The summed E-state index contributed by atoms with van der Waals surface area (Å²) in [5.74, 6) is 0.844. The molecule has 12 heteroatoms. The molecular weight excluding hydrogens is 669 g/mol. The van der Waals surface area contributed by atoms with Gasteiger partial charge in [0.2, 0.25) is 20.0 Å². The van der Waals surface area contributed by atoms with E-state index in [-0.39, 0.29) is 26.4 Å². The van der Waals surface area contributed by atoms with Gasteiger partial charge in [-0.05, 0) is 126 Å². The highest BCUT2D eigenvalue weighted by molar-refractivity contribution is 7.89. The number of rotatable bonds is 10. The lowest BCUT2D eigenvalue weighted by atomic mass is 9.89. The van der Waals surface area contributed by atoms with E-state index in [0.29, 0.717) is 18.8 Å². The fraction of sp³-hybridized carbons (Fsp3) is 0.526. The Hall–Kier alpha value is -3.00. The second kappa shape index (κ2) is 17.5. The molecule has 0 atom stereocenters. The summed E-state index contributed by atoms with van der Waals surface area (Å²) in [4.78, 5) is 4.69. The fourth-order valence-corrected chi connectivity index (χ4v) is 8.26. The molecule has 4 aromatic rings. The third-order valence-electron chi connectivity index (χ3n) is 10.00. The number of likely N-dealkylation sites (N-methyl/N-ethyl adjacent to an activating group) is 1. The Kier molecular flexibility index (Phi) is 14.5. The van der Waals surface area contributed by atoms with Gasteiger partial charge in [0, 0.05) is 66.9 Å². The summed E-state index contributed by atoms with van der Waals surface area (Å²) in [5.41, 5.74) is 8.63. The van der Waals surface area contributed by atoms with Crippen molar-refractivity contribution < 1.29 is 16.8 Å². The second-order valence-electron chi connectivity index (χ2n) is 13.4. The highest BCUT2D eigenvalue weighted by Gasteiger charge is 2.22. The minimum atomic E-state index is -3.17. The standard InChI is InChI=1S/C18H27N3O2S.C18H25N3O2S.2CH4/c2*1-19-24(22,23)11-8-14-4-5-18-16(12-14)17(13-21(18)3)15-6-9-20(2)10-7-15;;/h4-5,12-13,15,19H,6-11H2,1-3H3;4-6,12-13,19H,7-11H2,1-3H3;2*1H4. The van der Waals surface area contributed by atoms with Crippen molar-refractivity contribution in [3.8, 4) is 0 Å². The Morgan fingerprint density at radius 2 is 1.22 bits per heavy atom. The summed E-state index contributed by atoms with van der Waals surface area (Å²) >= 11 is 0. The Labute approximate surface area is 301 Å². The number of piperidine rings is 1. The average Bonchev–Trinajstić information content (AvgIpc) is 3.59. The summed E-state index contributed by atoms with van der Waals surface area (Å²) < 4.78 is 55.7. The number of aryl methyl sites for hydroxylation is 4. The zero-order chi connectivity index (χ0) is 34.6. The van der Waals surface area contributed by atoms with E-state index in [4.69, 9.17) is 0 Å². The van der Waals surface area contributed by atoms with Gasteiger partial charge in [0.25, 0.3) is 0 Å². The molecular formula is C38H60N6O4S2. The van der Waals surface area contributed by atoms with Crippen LogP contribution in [-0.4, -0.2) is 102 Å². The van der Waals surface area contributed by atoms with E-state index in [1.54, 1.807) is 0 Å². The van der Waals surface area contributed by atoms with E-state index in [1.807, 2.05) is 12.1 Å². The SMILES string of the molecule is C.C.CNS(=O)(=O)CCc1ccc2c(c1)c(C1=CCN(C)CC1)cn2C.CNS(=O)(=O)CCc1ccc2c(c1)c(C1CCN(C)CC1)cn2C. The van der Waals surface area contributed by atoms with Crippen molar-refractivity contribution >= 4 is 47.4 Å². The maximum absolute atomic E-state index is 11.7. The lowest BCUT2D eigenvalue weighted by Gasteiger charge is -2.28. The average molecular weight is 729 g/mol. The normalized spacial score (nSPS) is 16.4. The van der Waals surface area contributed by atoms with Gasteiger partial charge < -0.3 is 18.9 Å². The number of likely N-dealkylation sites (tertiary alicyclic amines) is 1. The van der Waals surface area contributed by atoms with Gasteiger partial charge in [0.1, 0.15) is 0 Å². The van der Waals surface area contributed by atoms with E-state index in [1.165, 1.54) is 65.4 Å². The highest BCUT2D eigenvalue weighted by atomic mass is 32.2. The van der Waals surface area contributed by atoms with Crippen LogP contribution in [0, 0.1) is 0 Å². The van der Waals surface area contributed by atoms with Gasteiger partial charge in [0.15, 0.2) is 0 Å². The largest absolute Gasteiger partial charge is 0.350 e. The lowest BCUT2D eigenvalue weighted by Crippen LogP contribution is -2.29. The molecule has 2 aromatic heterocycles. The zero-order valence-electron chi connectivity index (χ0n) is 29.3. The van der Waals surface area contributed by atoms with Crippen LogP contribution in [0.5, 0.6) is 0 Å². The number of benzene rings is 2. The van der Waals surface area contributed by atoms with Gasteiger partial charge in [-0.2, -0.15) is 0 Å². The van der Waals surface area contributed by atoms with Gasteiger partial charge >= 0.3 is 0 Å². The molecule has 1 saturated heterocycles. The Balaban J connectivity index is 0.000000260. The number of sulfonamides is 2. The molecule has 1 fully saturated rings. The molecule has 2 N–H and O–H groups in total. The maximum Gasteiger partial charge on any atom is 0.211 e. The van der Waals surface area contributed by atoms with E-state index >= 15 is 0 Å². The number of aromatic nitrogens is 2. The second-order valence-corrected chi connectivity index (χ2v) is 17.5. The Bertz CT molecular complexity index is 1990. The third kappa shape index (κ3) is 10.1. The van der Waals surface area contributed by atoms with Crippen molar-refractivity contribution in [2.24, 2.45) is 14.1 Å². The molecule has 0 spiro atoms. The lowest BCUT2D eigenvalue weighted by molar-refractivity contribution is 0.256. The van der Waals surface area contributed by atoms with Crippen LogP contribution in [0.3, 0.4) is 0 Å². The monoisotopic (exact) mass is 728 g/mol. The Morgan fingerprint density at radius 1 is 0.700 bits per heavy atom. The molecule has 4 heterocycles. The minimum Gasteiger partial charge on any atom is -0.350 e. The summed E-state index contributed by atoms with van der Waals surface area (Å²) in [6, 6.07) is 12.6. The maximum atomic E-state index is 11.7. The van der Waals surface area contributed by atoms with Crippen molar-refractivity contribution in [1.29, 1.82) is 0 Å². The van der Waals surface area contributed by atoms with Crippen molar-refractivity contribution in [2.75, 3.05) is 65.9 Å². The molecule has 0 aliphatic carbocycles. The van der Waals surface area contributed by atoms with Crippen molar-refractivity contribution in [1.82, 2.24) is 28.4 Å². The molecule has 2 aliphatic rings. The van der Waals surface area contributed by atoms with Gasteiger partial charge in [-0.25, -0.2) is 26.3 Å². The quantitative estimate of drug-likeness (QED) is 0.228. The molecule has 0 unspecified atom stereocenters.